The van der Waals surface area contributed by atoms with Crippen LogP contribution in [0.15, 0.2) is 18.2 Å². The van der Waals surface area contributed by atoms with Crippen molar-refractivity contribution in [3.63, 3.8) is 0 Å². The third-order valence-corrected chi connectivity index (χ3v) is 3.28. The van der Waals surface area contributed by atoms with Crippen LogP contribution < -0.4 is 4.74 Å². The molecule has 1 aromatic carbocycles. The SMILES string of the molecule is CCC(CC)C(=O)Cc1cc(Cl)ccc1OC. The molecule has 17 heavy (non-hydrogen) atoms. The van der Waals surface area contributed by atoms with Crippen molar-refractivity contribution in [3.05, 3.63) is 28.8 Å². The van der Waals surface area contributed by atoms with Crippen molar-refractivity contribution in [1.82, 2.24) is 0 Å². The molecule has 0 aliphatic rings. The van der Waals surface area contributed by atoms with Gasteiger partial charge in [-0.2, -0.15) is 0 Å². The summed E-state index contributed by atoms with van der Waals surface area (Å²) in [6.45, 7) is 4.09. The van der Waals surface area contributed by atoms with Crippen LogP contribution in [0.1, 0.15) is 32.3 Å². The number of Topliss-reactive ketones (excluding diaryl/α,β-unsaturated/α-hetero) is 1. The summed E-state index contributed by atoms with van der Waals surface area (Å²) in [6, 6.07) is 5.38. The zero-order valence-corrected chi connectivity index (χ0v) is 11.4. The highest BCUT2D eigenvalue weighted by atomic mass is 35.5. The first-order chi connectivity index (χ1) is 8.12. The van der Waals surface area contributed by atoms with Crippen LogP contribution in [0.4, 0.5) is 0 Å². The maximum Gasteiger partial charge on any atom is 0.140 e. The lowest BCUT2D eigenvalue weighted by molar-refractivity contribution is -0.122. The van der Waals surface area contributed by atoms with Crippen LogP contribution in [-0.4, -0.2) is 12.9 Å². The molecule has 0 aliphatic heterocycles. The minimum Gasteiger partial charge on any atom is -0.496 e. The standard InChI is InChI=1S/C14H19ClO2/c1-4-10(5-2)13(16)9-11-8-12(15)6-7-14(11)17-3/h6-8,10H,4-5,9H2,1-3H3. The predicted molar refractivity (Wildman–Crippen MR) is 70.8 cm³/mol. The van der Waals surface area contributed by atoms with Gasteiger partial charge in [-0.05, 0) is 31.0 Å². The van der Waals surface area contributed by atoms with Gasteiger partial charge in [-0.15, -0.1) is 0 Å². The molecular weight excluding hydrogens is 236 g/mol. The maximum atomic E-state index is 12.1. The first-order valence-corrected chi connectivity index (χ1v) is 6.35. The molecule has 0 atom stereocenters. The Morgan fingerprint density at radius 2 is 2.00 bits per heavy atom. The fourth-order valence-electron chi connectivity index (χ4n) is 1.96. The highest BCUT2D eigenvalue weighted by Crippen LogP contribution is 2.24. The van der Waals surface area contributed by atoms with E-state index in [0.717, 1.165) is 24.2 Å². The first-order valence-electron chi connectivity index (χ1n) is 5.97. The van der Waals surface area contributed by atoms with E-state index in [2.05, 4.69) is 0 Å². The van der Waals surface area contributed by atoms with Gasteiger partial charge in [-0.3, -0.25) is 4.79 Å². The Kier molecular flexibility index (Phi) is 5.49. The number of benzene rings is 1. The molecule has 0 saturated carbocycles. The van der Waals surface area contributed by atoms with Gasteiger partial charge in [0.2, 0.25) is 0 Å². The summed E-state index contributed by atoms with van der Waals surface area (Å²) in [5, 5.41) is 0.637. The van der Waals surface area contributed by atoms with Gasteiger partial charge in [-0.1, -0.05) is 25.4 Å². The molecule has 0 radical (unpaired) electrons. The van der Waals surface area contributed by atoms with Gasteiger partial charge in [0.1, 0.15) is 11.5 Å². The molecule has 0 saturated heterocycles. The predicted octanol–water partition coefficient (Wildman–Crippen LogP) is 3.90. The van der Waals surface area contributed by atoms with Gasteiger partial charge in [0.15, 0.2) is 0 Å². The third-order valence-electron chi connectivity index (χ3n) is 3.05. The van der Waals surface area contributed by atoms with Crippen LogP contribution in [0.3, 0.4) is 0 Å². The molecule has 0 aromatic heterocycles. The number of hydrogen-bond acceptors (Lipinski definition) is 2. The minimum atomic E-state index is 0.138. The Bertz CT molecular complexity index is 384. The van der Waals surface area contributed by atoms with Crippen LogP contribution in [0, 0.1) is 5.92 Å². The molecule has 0 unspecified atom stereocenters. The summed E-state index contributed by atoms with van der Waals surface area (Å²) in [5.41, 5.74) is 0.872. The molecule has 94 valence electrons. The van der Waals surface area contributed by atoms with Crippen LogP contribution in [0.2, 0.25) is 5.02 Å². The van der Waals surface area contributed by atoms with Crippen LogP contribution in [0.25, 0.3) is 0 Å². The second kappa shape index (κ2) is 6.65. The van der Waals surface area contributed by atoms with Crippen molar-refractivity contribution in [3.8, 4) is 5.75 Å². The second-order valence-corrected chi connectivity index (χ2v) is 4.55. The number of rotatable bonds is 6. The van der Waals surface area contributed by atoms with E-state index in [-0.39, 0.29) is 11.7 Å². The van der Waals surface area contributed by atoms with E-state index in [4.69, 9.17) is 16.3 Å². The van der Waals surface area contributed by atoms with Crippen molar-refractivity contribution < 1.29 is 9.53 Å². The van der Waals surface area contributed by atoms with Crippen molar-refractivity contribution in [2.24, 2.45) is 5.92 Å². The van der Waals surface area contributed by atoms with E-state index in [1.165, 1.54) is 0 Å². The lowest BCUT2D eigenvalue weighted by Gasteiger charge is -2.13. The van der Waals surface area contributed by atoms with Gasteiger partial charge < -0.3 is 4.74 Å². The number of methoxy groups -OCH3 is 1. The summed E-state index contributed by atoms with van der Waals surface area (Å²) < 4.78 is 5.24. The van der Waals surface area contributed by atoms with E-state index >= 15 is 0 Å². The number of ketones is 1. The summed E-state index contributed by atoms with van der Waals surface area (Å²) in [6.07, 6.45) is 2.17. The zero-order valence-electron chi connectivity index (χ0n) is 10.6. The molecule has 0 heterocycles. The van der Waals surface area contributed by atoms with E-state index in [1.54, 1.807) is 25.3 Å². The zero-order chi connectivity index (χ0) is 12.8. The summed E-state index contributed by atoms with van der Waals surface area (Å²) in [7, 11) is 1.61. The number of carbonyl (C=O) groups excluding carboxylic acids is 1. The fraction of sp³-hybridized carbons (Fsp3) is 0.500. The van der Waals surface area contributed by atoms with E-state index in [0.29, 0.717) is 11.4 Å². The Labute approximate surface area is 108 Å². The second-order valence-electron chi connectivity index (χ2n) is 4.11. The van der Waals surface area contributed by atoms with Crippen LogP contribution in [0.5, 0.6) is 5.75 Å². The Morgan fingerprint density at radius 1 is 1.35 bits per heavy atom. The molecular formula is C14H19ClO2. The smallest absolute Gasteiger partial charge is 0.140 e. The average Bonchev–Trinajstić information content (AvgIpc) is 2.31. The summed E-state index contributed by atoms with van der Waals surface area (Å²) >= 11 is 5.94. The molecule has 2 nitrogen and oxygen atoms in total. The maximum absolute atomic E-state index is 12.1. The summed E-state index contributed by atoms with van der Waals surface area (Å²) in [4.78, 5) is 12.1. The molecule has 0 spiro atoms. The monoisotopic (exact) mass is 254 g/mol. The number of carbonyl (C=O) groups is 1. The number of hydrogen-bond donors (Lipinski definition) is 0. The van der Waals surface area contributed by atoms with Gasteiger partial charge in [0.05, 0.1) is 7.11 Å². The third kappa shape index (κ3) is 3.74. The van der Waals surface area contributed by atoms with Gasteiger partial charge >= 0.3 is 0 Å². The van der Waals surface area contributed by atoms with E-state index in [1.807, 2.05) is 13.8 Å². The number of halogens is 1. The first kappa shape index (κ1) is 14.0. The molecule has 3 heteroatoms. The van der Waals surface area contributed by atoms with Crippen molar-refractivity contribution in [2.75, 3.05) is 7.11 Å². The molecule has 0 N–H and O–H groups in total. The fourth-order valence-corrected chi connectivity index (χ4v) is 2.16. The Balaban J connectivity index is 2.86. The molecule has 1 rings (SSSR count). The van der Waals surface area contributed by atoms with Crippen LogP contribution in [-0.2, 0) is 11.2 Å². The van der Waals surface area contributed by atoms with Crippen molar-refractivity contribution in [2.45, 2.75) is 33.1 Å². The van der Waals surface area contributed by atoms with Gasteiger partial charge in [0, 0.05) is 22.9 Å². The summed E-state index contributed by atoms with van der Waals surface area (Å²) in [5.74, 6) is 1.13. The van der Waals surface area contributed by atoms with E-state index in [9.17, 15) is 4.79 Å². The largest absolute Gasteiger partial charge is 0.496 e. The molecule has 0 aliphatic carbocycles. The number of ether oxygens (including phenoxy) is 1. The molecule has 0 bridgehead atoms. The van der Waals surface area contributed by atoms with Crippen LogP contribution >= 0.6 is 11.6 Å². The average molecular weight is 255 g/mol. The highest BCUT2D eigenvalue weighted by Gasteiger charge is 2.16. The normalized spacial score (nSPS) is 10.6. The molecule has 1 aromatic rings. The van der Waals surface area contributed by atoms with E-state index < -0.39 is 0 Å². The topological polar surface area (TPSA) is 26.3 Å². The lowest BCUT2D eigenvalue weighted by Crippen LogP contribution is -2.15. The van der Waals surface area contributed by atoms with Crippen molar-refractivity contribution >= 4 is 17.4 Å². The lowest BCUT2D eigenvalue weighted by atomic mass is 9.93. The molecule has 0 amide bonds. The quantitative estimate of drug-likeness (QED) is 0.770. The molecule has 0 fully saturated rings. The van der Waals surface area contributed by atoms with Crippen molar-refractivity contribution in [1.29, 1.82) is 0 Å². The van der Waals surface area contributed by atoms with Gasteiger partial charge in [-0.25, -0.2) is 0 Å². The Morgan fingerprint density at radius 3 is 2.53 bits per heavy atom. The minimum absolute atomic E-state index is 0.138. The van der Waals surface area contributed by atoms with Gasteiger partial charge in [0.25, 0.3) is 0 Å². The highest BCUT2D eigenvalue weighted by molar-refractivity contribution is 6.30. The Hall–Kier alpha value is -1.02.